The van der Waals surface area contributed by atoms with Gasteiger partial charge in [-0.25, -0.2) is 29.9 Å². The van der Waals surface area contributed by atoms with Crippen molar-refractivity contribution >= 4 is 121 Å². The standard InChI is InChI=1S/C64H74N12O28P4/c1-13-93-61(77)49(105(89,97-17-5)98-18-6)41-25-33-37(29-45(41)73(81)82)57-65-53(33)69-58-38-30-46(74(83)84)42(50(62(78)94-14-2)106(90,99-19-7)100-20-8)26-34(38)55(66-58)71-60-40-32-48(76(87)88)44(52(64(80)96-16-4)108(92,103-23-11)104-24-12)28-36(40)56(68-60)72-59-39-31-47(75(85)86)43(27-35(39)54(67-59)70-57)51(63(79)95-15-3)107(91,101-21-9)102-22-10/h25-32,49-52H,13-24H2,1-12H3,(H2,65,66,67,68,69,70,71,72). The van der Waals surface area contributed by atoms with Gasteiger partial charge < -0.3 is 65.1 Å². The average Bonchev–Trinajstić information content (AvgIpc) is 1.55. The van der Waals surface area contributed by atoms with Gasteiger partial charge in [-0.15, -0.1) is 0 Å². The lowest BCUT2D eigenvalue weighted by atomic mass is 10.00. The van der Waals surface area contributed by atoms with Crippen LogP contribution in [0.25, 0.3) is 89.7 Å². The summed E-state index contributed by atoms with van der Waals surface area (Å²) in [5, 5.41) is 53.6. The first kappa shape index (κ1) is 82.4. The van der Waals surface area contributed by atoms with Crippen LogP contribution in [0.5, 0.6) is 0 Å². The van der Waals surface area contributed by atoms with Crippen LogP contribution in [0.3, 0.4) is 0 Å². The number of H-pyrrole nitrogens is 2. The second-order valence-electron chi connectivity index (χ2n) is 22.6. The minimum atomic E-state index is -4.89. The molecule has 108 heavy (non-hydrogen) atoms. The molecule has 9 rings (SSSR count). The maximum Gasteiger partial charge on any atom is 0.349 e. The Bertz CT molecular complexity index is 4820. The Balaban J connectivity index is 1.62. The molecular formula is C64H74N12O28P4. The van der Waals surface area contributed by atoms with Crippen LogP contribution in [0.2, 0.25) is 0 Å². The summed E-state index contributed by atoms with van der Waals surface area (Å²) in [6.07, 6.45) is 0. The molecule has 2 aliphatic heterocycles. The molecule has 578 valence electrons. The van der Waals surface area contributed by atoms with E-state index in [1.54, 1.807) is 0 Å². The molecule has 2 aliphatic rings. The summed E-state index contributed by atoms with van der Waals surface area (Å²) in [6.45, 7) is 12.4. The summed E-state index contributed by atoms with van der Waals surface area (Å²) >= 11 is 0. The Kier molecular flexibility index (Phi) is 26.1. The molecule has 0 fully saturated rings. The van der Waals surface area contributed by atoms with Gasteiger partial charge in [-0.05, 0) is 107 Å². The molecule has 40 nitrogen and oxygen atoms in total. The van der Waals surface area contributed by atoms with Crippen LogP contribution >= 0.6 is 30.4 Å². The first-order valence-electron chi connectivity index (χ1n) is 33.8. The highest BCUT2D eigenvalue weighted by Crippen LogP contribution is 2.67. The highest BCUT2D eigenvalue weighted by atomic mass is 31.2. The number of rotatable bonds is 36. The number of carbonyl (C=O) groups is 4. The topological polar surface area (TPSA) is 529 Å². The first-order valence-corrected chi connectivity index (χ1v) is 40.2. The number of hydrogen-bond donors (Lipinski definition) is 2. The molecule has 4 atom stereocenters. The number of benzene rings is 4. The molecule has 4 unspecified atom stereocenters. The number of carbonyl (C=O) groups excluding carboxylic acids is 4. The number of nitrogens with one attached hydrogen (secondary N) is 2. The predicted molar refractivity (Wildman–Crippen MR) is 384 cm³/mol. The van der Waals surface area contributed by atoms with Crippen molar-refractivity contribution in [3.8, 4) is 45.6 Å². The lowest BCUT2D eigenvalue weighted by Crippen LogP contribution is -2.20. The van der Waals surface area contributed by atoms with Gasteiger partial charge in [0.1, 0.15) is 22.6 Å². The average molecular weight is 1580 g/mol. The maximum atomic E-state index is 15.1. The van der Waals surface area contributed by atoms with Crippen LogP contribution in [0.15, 0.2) is 48.5 Å². The van der Waals surface area contributed by atoms with Gasteiger partial charge in [-0.3, -0.25) is 77.9 Å². The molecule has 44 heteroatoms. The lowest BCUT2D eigenvalue weighted by molar-refractivity contribution is -0.385. The van der Waals surface area contributed by atoms with Crippen LogP contribution in [-0.2, 0) is 92.6 Å². The summed E-state index contributed by atoms with van der Waals surface area (Å²) in [4.78, 5) is 143. The molecule has 2 N–H and O–H groups in total. The third kappa shape index (κ3) is 15.9. The van der Waals surface area contributed by atoms with E-state index < -0.39 is 187 Å². The summed E-state index contributed by atoms with van der Waals surface area (Å²) < 4.78 is 127. The molecule has 0 spiro atoms. The fraction of sp³-hybridized carbons (Fsp3) is 0.438. The minimum absolute atomic E-state index is 0.277. The second kappa shape index (κ2) is 34.3. The Morgan fingerprint density at radius 3 is 0.713 bits per heavy atom. The van der Waals surface area contributed by atoms with E-state index in [1.807, 2.05) is 0 Å². The molecular weight excluding hydrogens is 1510 g/mol. The number of hydrogen-bond acceptors (Lipinski definition) is 34. The van der Waals surface area contributed by atoms with Crippen LogP contribution in [-0.4, -0.2) is 163 Å². The number of ether oxygens (including phenoxy) is 4. The summed E-state index contributed by atoms with van der Waals surface area (Å²) in [5.41, 5.74) is -18.6. The van der Waals surface area contributed by atoms with Gasteiger partial charge in [0.05, 0.1) is 121 Å². The van der Waals surface area contributed by atoms with E-state index in [2.05, 4.69) is 9.97 Å². The van der Waals surface area contributed by atoms with Gasteiger partial charge in [0.2, 0.25) is 0 Å². The molecule has 4 aromatic carbocycles. The third-order valence-electron chi connectivity index (χ3n) is 16.2. The van der Waals surface area contributed by atoms with Crippen molar-refractivity contribution in [3.63, 3.8) is 0 Å². The third-order valence-corrected chi connectivity index (χ3v) is 25.6. The van der Waals surface area contributed by atoms with E-state index in [1.165, 1.54) is 83.1 Å². The van der Waals surface area contributed by atoms with Crippen LogP contribution in [0.1, 0.15) is 128 Å². The number of aromatic amines is 2. The Morgan fingerprint density at radius 2 is 0.509 bits per heavy atom. The zero-order valence-corrected chi connectivity index (χ0v) is 63.7. The van der Waals surface area contributed by atoms with Crippen molar-refractivity contribution < 1.29 is 112 Å². The van der Waals surface area contributed by atoms with Crippen molar-refractivity contribution in [2.24, 2.45) is 0 Å². The summed E-state index contributed by atoms with van der Waals surface area (Å²) in [7, 11) is -19.6. The number of nitro groups is 4. The number of nitrogens with zero attached hydrogens (tertiary/aromatic N) is 10. The Morgan fingerprint density at radius 1 is 0.315 bits per heavy atom. The molecule has 0 saturated carbocycles. The smallest absolute Gasteiger partial charge is 0.349 e. The van der Waals surface area contributed by atoms with E-state index in [0.29, 0.717) is 0 Å². The largest absolute Gasteiger partial charge is 0.465 e. The van der Waals surface area contributed by atoms with E-state index >= 15 is 18.3 Å². The molecule has 5 heterocycles. The highest BCUT2D eigenvalue weighted by Gasteiger charge is 2.52. The fourth-order valence-electron chi connectivity index (χ4n) is 12.3. The number of esters is 4. The monoisotopic (exact) mass is 1580 g/mol. The van der Waals surface area contributed by atoms with E-state index in [-0.39, 0.29) is 123 Å². The van der Waals surface area contributed by atoms with Crippen LogP contribution < -0.4 is 0 Å². The molecule has 0 radical (unpaired) electrons. The molecule has 8 bridgehead atoms. The molecule has 0 amide bonds. The Labute approximate surface area is 612 Å². The number of aromatic nitrogens is 8. The van der Waals surface area contributed by atoms with Crippen molar-refractivity contribution in [1.82, 2.24) is 39.9 Å². The number of nitro benzene ring substituents is 4. The summed E-state index contributed by atoms with van der Waals surface area (Å²) in [6, 6.07) is 7.50. The van der Waals surface area contributed by atoms with Gasteiger partial charge in [0, 0.05) is 68.1 Å². The van der Waals surface area contributed by atoms with Gasteiger partial charge in [0.25, 0.3) is 22.7 Å². The van der Waals surface area contributed by atoms with Gasteiger partial charge >= 0.3 is 54.3 Å². The van der Waals surface area contributed by atoms with Gasteiger partial charge in [-0.2, -0.15) is 0 Å². The van der Waals surface area contributed by atoms with Crippen molar-refractivity contribution in [2.45, 2.75) is 106 Å². The molecule has 3 aromatic heterocycles. The number of fused-ring (bicyclic) bond motifs is 20. The minimum Gasteiger partial charge on any atom is -0.465 e. The normalized spacial score (nSPS) is 13.4. The zero-order valence-electron chi connectivity index (χ0n) is 60.1. The zero-order chi connectivity index (χ0) is 79.1. The van der Waals surface area contributed by atoms with E-state index in [0.717, 1.165) is 48.5 Å². The maximum absolute atomic E-state index is 15.1. The highest BCUT2D eigenvalue weighted by molar-refractivity contribution is 7.56. The summed E-state index contributed by atoms with van der Waals surface area (Å²) in [5.74, 6) is -7.53. The van der Waals surface area contributed by atoms with Gasteiger partial charge in [-0.1, -0.05) is 0 Å². The molecule has 7 aromatic rings. The van der Waals surface area contributed by atoms with Crippen LogP contribution in [0.4, 0.5) is 22.7 Å². The van der Waals surface area contributed by atoms with Crippen molar-refractivity contribution in [1.29, 1.82) is 0 Å². The SMILES string of the molecule is CCOC(=O)C(c1cc2c(cc1[N+](=O)[O-])-c1nc-2nc2[nH]c(nc3nc(nc4[nH]c(n1)c1cc(C(C(=O)OCC)P(=O)(OCC)OCC)c([N+](=O)[O-])cc41)-c1cc(C(C(=O)OCC)P(=O)(OCC)OCC)c([N+](=O)[O-])cc1-3)c1cc(C(C(=O)OCC)P(=O)(OCC)OCC)c([N+](=O)[O-])cc21)P(=O)(OCC)OCC. The molecule has 0 saturated heterocycles. The second-order valence-corrected chi connectivity index (χ2v) is 31.0. The van der Waals surface area contributed by atoms with E-state index in [4.69, 9.17) is 85.0 Å². The first-order chi connectivity index (χ1) is 51.4. The predicted octanol–water partition coefficient (Wildman–Crippen LogP) is 14.0. The van der Waals surface area contributed by atoms with E-state index in [9.17, 15) is 59.6 Å². The van der Waals surface area contributed by atoms with Crippen LogP contribution in [0, 0.1) is 40.5 Å². The van der Waals surface area contributed by atoms with Gasteiger partial charge in [0.15, 0.2) is 45.9 Å². The lowest BCUT2D eigenvalue weighted by Gasteiger charge is -2.25. The quantitative estimate of drug-likeness (QED) is 0.0121. The Hall–Kier alpha value is -9.68. The van der Waals surface area contributed by atoms with Crippen molar-refractivity contribution in [2.75, 3.05) is 79.3 Å². The molecule has 0 aliphatic carbocycles. The van der Waals surface area contributed by atoms with Crippen molar-refractivity contribution in [3.05, 3.63) is 111 Å². The fourth-order valence-corrected chi connectivity index (χ4v) is 20.2.